The van der Waals surface area contributed by atoms with Crippen molar-refractivity contribution in [3.05, 3.63) is 23.7 Å². The fourth-order valence-corrected chi connectivity index (χ4v) is 1.82. The molecule has 2 unspecified atom stereocenters. The number of furan rings is 1. The second-order valence-corrected chi connectivity index (χ2v) is 4.34. The van der Waals surface area contributed by atoms with Crippen LogP contribution in [0.2, 0.25) is 0 Å². The number of nitrogens with one attached hydrogen (secondary N) is 1. The number of hydrogen-bond acceptors (Lipinski definition) is 3. The van der Waals surface area contributed by atoms with Crippen LogP contribution in [0.25, 0.3) is 0 Å². The fraction of sp³-hybridized carbons (Fsp3) is 0.500. The van der Waals surface area contributed by atoms with Crippen LogP contribution in [0.15, 0.2) is 16.5 Å². The first-order valence-corrected chi connectivity index (χ1v) is 5.64. The van der Waals surface area contributed by atoms with E-state index in [0.29, 0.717) is 19.4 Å². The largest absolute Gasteiger partial charge is 0.481 e. The molecule has 1 amide bonds. The van der Waals surface area contributed by atoms with Gasteiger partial charge in [-0.25, -0.2) is 0 Å². The molecule has 0 radical (unpaired) electrons. The standard InChI is InChI=1S/C12H15NO4/c1-7-2-3-8(17-7)4-5-13-11(14)9-6-10(9)12(15)16/h2-3,9-10H,4-6H2,1H3,(H,13,14)(H,15,16). The Hall–Kier alpha value is -1.78. The molecule has 17 heavy (non-hydrogen) atoms. The van der Waals surface area contributed by atoms with Gasteiger partial charge in [-0.05, 0) is 25.5 Å². The maximum atomic E-state index is 11.5. The van der Waals surface area contributed by atoms with Crippen LogP contribution >= 0.6 is 0 Å². The Bertz CT molecular complexity index is 437. The van der Waals surface area contributed by atoms with Crippen molar-refractivity contribution in [2.45, 2.75) is 19.8 Å². The average Bonchev–Trinajstić information content (AvgIpc) is 2.97. The van der Waals surface area contributed by atoms with Gasteiger partial charge in [-0.3, -0.25) is 9.59 Å². The van der Waals surface area contributed by atoms with Crippen LogP contribution in [0.3, 0.4) is 0 Å². The summed E-state index contributed by atoms with van der Waals surface area (Å²) in [5.41, 5.74) is 0. The van der Waals surface area contributed by atoms with Crippen molar-refractivity contribution >= 4 is 11.9 Å². The molecule has 0 saturated heterocycles. The zero-order chi connectivity index (χ0) is 12.4. The van der Waals surface area contributed by atoms with Crippen LogP contribution in [-0.2, 0) is 16.0 Å². The van der Waals surface area contributed by atoms with E-state index in [0.717, 1.165) is 11.5 Å². The molecular weight excluding hydrogens is 222 g/mol. The van der Waals surface area contributed by atoms with E-state index in [-0.39, 0.29) is 11.8 Å². The van der Waals surface area contributed by atoms with Crippen LogP contribution in [0.1, 0.15) is 17.9 Å². The lowest BCUT2D eigenvalue weighted by Gasteiger charge is -2.02. The summed E-state index contributed by atoms with van der Waals surface area (Å²) >= 11 is 0. The number of hydrogen-bond donors (Lipinski definition) is 2. The Morgan fingerprint density at radius 2 is 2.24 bits per heavy atom. The topological polar surface area (TPSA) is 79.5 Å². The van der Waals surface area contributed by atoms with Crippen molar-refractivity contribution in [1.29, 1.82) is 0 Å². The molecule has 0 bridgehead atoms. The van der Waals surface area contributed by atoms with Gasteiger partial charge in [0.2, 0.25) is 5.91 Å². The number of aryl methyl sites for hydroxylation is 1. The molecule has 1 aromatic heterocycles. The summed E-state index contributed by atoms with van der Waals surface area (Å²) in [5, 5.41) is 11.4. The molecule has 1 aliphatic rings. The summed E-state index contributed by atoms with van der Waals surface area (Å²) < 4.78 is 5.36. The molecule has 2 rings (SSSR count). The second-order valence-electron chi connectivity index (χ2n) is 4.34. The number of rotatable bonds is 5. The van der Waals surface area contributed by atoms with Gasteiger partial charge in [0.25, 0.3) is 0 Å². The molecule has 0 spiro atoms. The summed E-state index contributed by atoms with van der Waals surface area (Å²) in [4.78, 5) is 22.1. The Morgan fingerprint density at radius 1 is 1.47 bits per heavy atom. The van der Waals surface area contributed by atoms with Crippen molar-refractivity contribution in [2.24, 2.45) is 11.8 Å². The van der Waals surface area contributed by atoms with Crippen LogP contribution < -0.4 is 5.32 Å². The molecular formula is C12H15NO4. The maximum absolute atomic E-state index is 11.5. The van der Waals surface area contributed by atoms with Crippen LogP contribution in [-0.4, -0.2) is 23.5 Å². The lowest BCUT2D eigenvalue weighted by atomic mass is 10.3. The van der Waals surface area contributed by atoms with Gasteiger partial charge in [0, 0.05) is 13.0 Å². The van der Waals surface area contributed by atoms with Crippen molar-refractivity contribution < 1.29 is 19.1 Å². The quantitative estimate of drug-likeness (QED) is 0.799. The highest BCUT2D eigenvalue weighted by atomic mass is 16.4. The first-order valence-electron chi connectivity index (χ1n) is 5.64. The first kappa shape index (κ1) is 11.7. The minimum absolute atomic E-state index is 0.166. The summed E-state index contributed by atoms with van der Waals surface area (Å²) in [7, 11) is 0. The molecule has 1 heterocycles. The monoisotopic (exact) mass is 237 g/mol. The third kappa shape index (κ3) is 2.87. The van der Waals surface area contributed by atoms with Gasteiger partial charge < -0.3 is 14.8 Å². The SMILES string of the molecule is Cc1ccc(CCNC(=O)C2CC2C(=O)O)o1. The second kappa shape index (κ2) is 4.61. The molecule has 0 aromatic carbocycles. The molecule has 1 aliphatic carbocycles. The van der Waals surface area contributed by atoms with E-state index in [9.17, 15) is 9.59 Å². The Labute approximate surface area is 98.8 Å². The van der Waals surface area contributed by atoms with E-state index < -0.39 is 11.9 Å². The number of amides is 1. The Morgan fingerprint density at radius 3 is 2.76 bits per heavy atom. The third-order valence-electron chi connectivity index (χ3n) is 2.91. The van der Waals surface area contributed by atoms with Crippen molar-refractivity contribution in [3.63, 3.8) is 0 Å². The number of aliphatic carboxylic acids is 1. The van der Waals surface area contributed by atoms with E-state index in [1.54, 1.807) is 0 Å². The smallest absolute Gasteiger partial charge is 0.307 e. The van der Waals surface area contributed by atoms with Crippen molar-refractivity contribution in [1.82, 2.24) is 5.32 Å². The van der Waals surface area contributed by atoms with Gasteiger partial charge in [-0.15, -0.1) is 0 Å². The van der Waals surface area contributed by atoms with Gasteiger partial charge in [0.05, 0.1) is 11.8 Å². The highest BCUT2D eigenvalue weighted by molar-refractivity contribution is 5.89. The Balaban J connectivity index is 1.69. The number of carbonyl (C=O) groups excluding carboxylic acids is 1. The fourth-order valence-electron chi connectivity index (χ4n) is 1.82. The van der Waals surface area contributed by atoms with Gasteiger partial charge in [-0.1, -0.05) is 0 Å². The molecule has 5 nitrogen and oxygen atoms in total. The van der Waals surface area contributed by atoms with E-state index >= 15 is 0 Å². The summed E-state index contributed by atoms with van der Waals surface area (Å²) in [6.07, 6.45) is 1.09. The lowest BCUT2D eigenvalue weighted by Crippen LogP contribution is -2.28. The summed E-state index contributed by atoms with van der Waals surface area (Å²) in [6.45, 7) is 2.35. The van der Waals surface area contributed by atoms with E-state index in [4.69, 9.17) is 9.52 Å². The molecule has 0 aliphatic heterocycles. The summed E-state index contributed by atoms with van der Waals surface area (Å²) in [6, 6.07) is 3.75. The van der Waals surface area contributed by atoms with Crippen molar-refractivity contribution in [3.8, 4) is 0 Å². The highest BCUT2D eigenvalue weighted by Gasteiger charge is 2.48. The van der Waals surface area contributed by atoms with Crippen LogP contribution in [0.4, 0.5) is 0 Å². The zero-order valence-electron chi connectivity index (χ0n) is 9.60. The zero-order valence-corrected chi connectivity index (χ0v) is 9.60. The highest BCUT2D eigenvalue weighted by Crippen LogP contribution is 2.38. The molecule has 1 fully saturated rings. The Kier molecular flexibility index (Phi) is 3.17. The third-order valence-corrected chi connectivity index (χ3v) is 2.91. The van der Waals surface area contributed by atoms with Gasteiger partial charge in [-0.2, -0.15) is 0 Å². The lowest BCUT2D eigenvalue weighted by molar-refractivity contribution is -0.140. The number of carboxylic acids is 1. The van der Waals surface area contributed by atoms with Gasteiger partial charge in [0.15, 0.2) is 0 Å². The molecule has 92 valence electrons. The van der Waals surface area contributed by atoms with Crippen LogP contribution in [0, 0.1) is 18.8 Å². The first-order chi connectivity index (χ1) is 8.08. The molecule has 5 heteroatoms. The van der Waals surface area contributed by atoms with Gasteiger partial charge >= 0.3 is 5.97 Å². The van der Waals surface area contributed by atoms with E-state index in [1.807, 2.05) is 19.1 Å². The van der Waals surface area contributed by atoms with Crippen molar-refractivity contribution in [2.75, 3.05) is 6.54 Å². The normalized spacial score (nSPS) is 22.2. The van der Waals surface area contributed by atoms with E-state index in [2.05, 4.69) is 5.32 Å². The summed E-state index contributed by atoms with van der Waals surface area (Å²) in [5.74, 6) is -0.202. The maximum Gasteiger partial charge on any atom is 0.307 e. The molecule has 1 aromatic rings. The minimum Gasteiger partial charge on any atom is -0.481 e. The average molecular weight is 237 g/mol. The van der Waals surface area contributed by atoms with Gasteiger partial charge in [0.1, 0.15) is 11.5 Å². The van der Waals surface area contributed by atoms with Crippen LogP contribution in [0.5, 0.6) is 0 Å². The predicted molar refractivity (Wildman–Crippen MR) is 59.4 cm³/mol. The van der Waals surface area contributed by atoms with E-state index in [1.165, 1.54) is 0 Å². The number of carbonyl (C=O) groups is 2. The minimum atomic E-state index is -0.883. The molecule has 1 saturated carbocycles. The predicted octanol–water partition coefficient (Wildman–Crippen LogP) is 0.967. The molecule has 2 N–H and O–H groups in total. The number of carboxylic acid groups (broad SMARTS) is 1. The molecule has 2 atom stereocenters.